The molecule has 0 unspecified atom stereocenters. The van der Waals surface area contributed by atoms with E-state index in [0.717, 1.165) is 0 Å². The van der Waals surface area contributed by atoms with Crippen molar-refractivity contribution in [2.45, 2.75) is 6.42 Å². The summed E-state index contributed by atoms with van der Waals surface area (Å²) in [6.45, 7) is 0.246. The molecule has 0 spiro atoms. The summed E-state index contributed by atoms with van der Waals surface area (Å²) in [5, 5.41) is 16.6. The highest BCUT2D eigenvalue weighted by atomic mass is 32.1. The van der Waals surface area contributed by atoms with Gasteiger partial charge in [0, 0.05) is 13.0 Å². The number of carbonyl (C=O) groups excluding carboxylic acids is 2. The minimum absolute atomic E-state index is 0.0171. The van der Waals surface area contributed by atoms with Crippen molar-refractivity contribution in [1.82, 2.24) is 5.32 Å². The van der Waals surface area contributed by atoms with Crippen LogP contribution in [-0.2, 0) is 4.79 Å². The lowest BCUT2D eigenvalue weighted by Gasteiger charge is -2.07. The molecule has 20 heavy (non-hydrogen) atoms. The van der Waals surface area contributed by atoms with Crippen LogP contribution in [0, 0.1) is 0 Å². The Morgan fingerprint density at radius 3 is 2.65 bits per heavy atom. The zero-order chi connectivity index (χ0) is 14.4. The molecule has 6 heteroatoms. The van der Waals surface area contributed by atoms with Crippen LogP contribution in [0.3, 0.4) is 0 Å². The van der Waals surface area contributed by atoms with Crippen molar-refractivity contribution >= 4 is 28.8 Å². The summed E-state index contributed by atoms with van der Waals surface area (Å²) in [6, 6.07) is 10.0. The molecule has 1 heterocycles. The molecule has 5 nitrogen and oxygen atoms in total. The van der Waals surface area contributed by atoms with Crippen LogP contribution in [0.1, 0.15) is 16.1 Å². The standard InChI is InChI=1S/C14H14N2O3S/c17-11-5-2-1-4-10(11)16-13(18)7-8-15-14(19)12-6-3-9-20-12/h1-6,9,17H,7-8H2,(H,15,19)(H,16,18). The number of para-hydroxylation sites is 2. The van der Waals surface area contributed by atoms with Gasteiger partial charge in [-0.25, -0.2) is 0 Å². The second kappa shape index (κ2) is 6.72. The lowest BCUT2D eigenvalue weighted by molar-refractivity contribution is -0.116. The van der Waals surface area contributed by atoms with Gasteiger partial charge in [0.1, 0.15) is 5.75 Å². The van der Waals surface area contributed by atoms with Crippen LogP contribution in [0.25, 0.3) is 0 Å². The zero-order valence-corrected chi connectivity index (χ0v) is 11.4. The maximum absolute atomic E-state index is 11.7. The molecule has 104 valence electrons. The smallest absolute Gasteiger partial charge is 0.261 e. The first kappa shape index (κ1) is 14.1. The van der Waals surface area contributed by atoms with E-state index in [1.54, 1.807) is 30.3 Å². The molecular weight excluding hydrogens is 276 g/mol. The van der Waals surface area contributed by atoms with Crippen molar-refractivity contribution < 1.29 is 14.7 Å². The minimum atomic E-state index is -0.266. The maximum Gasteiger partial charge on any atom is 0.261 e. The van der Waals surface area contributed by atoms with Crippen LogP contribution < -0.4 is 10.6 Å². The van der Waals surface area contributed by atoms with E-state index in [2.05, 4.69) is 10.6 Å². The van der Waals surface area contributed by atoms with E-state index in [1.807, 2.05) is 5.38 Å². The first-order chi connectivity index (χ1) is 9.66. The molecule has 0 atom stereocenters. The average molecular weight is 290 g/mol. The summed E-state index contributed by atoms with van der Waals surface area (Å²) in [5.41, 5.74) is 0.363. The molecule has 2 aromatic rings. The van der Waals surface area contributed by atoms with Gasteiger partial charge in [0.2, 0.25) is 5.91 Å². The Balaban J connectivity index is 1.76. The maximum atomic E-state index is 11.7. The number of benzene rings is 1. The van der Waals surface area contributed by atoms with Crippen molar-refractivity contribution in [3.63, 3.8) is 0 Å². The summed E-state index contributed by atoms with van der Waals surface area (Å²) < 4.78 is 0. The molecule has 0 fully saturated rings. The third-order valence-electron chi connectivity index (χ3n) is 2.56. The average Bonchev–Trinajstić information content (AvgIpc) is 2.95. The number of phenols is 1. The second-order valence-corrected chi connectivity index (χ2v) is 5.00. The molecular formula is C14H14N2O3S. The number of aromatic hydroxyl groups is 1. The second-order valence-electron chi connectivity index (χ2n) is 4.05. The van der Waals surface area contributed by atoms with E-state index >= 15 is 0 Å². The molecule has 2 amide bonds. The van der Waals surface area contributed by atoms with E-state index in [1.165, 1.54) is 17.4 Å². The van der Waals surface area contributed by atoms with Crippen LogP contribution in [0.4, 0.5) is 5.69 Å². The topological polar surface area (TPSA) is 78.4 Å². The number of hydrogen-bond donors (Lipinski definition) is 3. The lowest BCUT2D eigenvalue weighted by Crippen LogP contribution is -2.27. The first-order valence-electron chi connectivity index (χ1n) is 6.06. The third kappa shape index (κ3) is 3.83. The molecule has 0 saturated carbocycles. The Morgan fingerprint density at radius 1 is 1.15 bits per heavy atom. The Hall–Kier alpha value is -2.34. The SMILES string of the molecule is O=C(CCNC(=O)c1cccs1)Nc1ccccc1O. The fourth-order valence-corrected chi connectivity index (χ4v) is 2.22. The lowest BCUT2D eigenvalue weighted by atomic mass is 10.3. The fourth-order valence-electron chi connectivity index (χ4n) is 1.58. The van der Waals surface area contributed by atoms with Crippen LogP contribution in [0.5, 0.6) is 5.75 Å². The van der Waals surface area contributed by atoms with Crippen molar-refractivity contribution in [1.29, 1.82) is 0 Å². The predicted octanol–water partition coefficient (Wildman–Crippen LogP) is 2.21. The van der Waals surface area contributed by atoms with Gasteiger partial charge in [-0.15, -0.1) is 11.3 Å². The molecule has 2 rings (SSSR count). The summed E-state index contributed by atoms with van der Waals surface area (Å²) in [7, 11) is 0. The zero-order valence-electron chi connectivity index (χ0n) is 10.6. The molecule has 0 aliphatic rings. The van der Waals surface area contributed by atoms with Gasteiger partial charge in [-0.05, 0) is 23.6 Å². The van der Waals surface area contributed by atoms with Gasteiger partial charge in [-0.3, -0.25) is 9.59 Å². The van der Waals surface area contributed by atoms with E-state index in [0.29, 0.717) is 10.6 Å². The van der Waals surface area contributed by atoms with E-state index in [4.69, 9.17) is 0 Å². The van der Waals surface area contributed by atoms with Gasteiger partial charge in [0.05, 0.1) is 10.6 Å². The number of rotatable bonds is 5. The molecule has 0 aliphatic carbocycles. The Bertz CT molecular complexity index is 596. The number of nitrogens with one attached hydrogen (secondary N) is 2. The monoisotopic (exact) mass is 290 g/mol. The quantitative estimate of drug-likeness (QED) is 0.739. The Kier molecular flexibility index (Phi) is 4.73. The number of amides is 2. The number of thiophene rings is 1. The largest absolute Gasteiger partial charge is 0.506 e. The minimum Gasteiger partial charge on any atom is -0.506 e. The Labute approximate surface area is 120 Å². The molecule has 1 aromatic heterocycles. The van der Waals surface area contributed by atoms with Gasteiger partial charge >= 0.3 is 0 Å². The number of anilines is 1. The molecule has 0 bridgehead atoms. The molecule has 0 aliphatic heterocycles. The fraction of sp³-hybridized carbons (Fsp3) is 0.143. The van der Waals surface area contributed by atoms with Crippen molar-refractivity contribution in [2.75, 3.05) is 11.9 Å². The Morgan fingerprint density at radius 2 is 1.95 bits per heavy atom. The number of hydrogen-bond acceptors (Lipinski definition) is 4. The molecule has 0 radical (unpaired) electrons. The molecule has 0 saturated heterocycles. The predicted molar refractivity (Wildman–Crippen MR) is 78.0 cm³/mol. The normalized spacial score (nSPS) is 10.0. The highest BCUT2D eigenvalue weighted by Gasteiger charge is 2.08. The summed E-state index contributed by atoms with van der Waals surface area (Å²) in [4.78, 5) is 23.9. The molecule has 3 N–H and O–H groups in total. The highest BCUT2D eigenvalue weighted by molar-refractivity contribution is 7.12. The summed E-state index contributed by atoms with van der Waals surface area (Å²) >= 11 is 1.35. The van der Waals surface area contributed by atoms with Crippen LogP contribution in [0.2, 0.25) is 0 Å². The van der Waals surface area contributed by atoms with Gasteiger partial charge in [-0.1, -0.05) is 18.2 Å². The van der Waals surface area contributed by atoms with Crippen molar-refractivity contribution in [3.05, 3.63) is 46.7 Å². The van der Waals surface area contributed by atoms with Crippen LogP contribution in [0.15, 0.2) is 41.8 Å². The van der Waals surface area contributed by atoms with Crippen LogP contribution >= 0.6 is 11.3 Å². The van der Waals surface area contributed by atoms with Gasteiger partial charge in [0.15, 0.2) is 0 Å². The van der Waals surface area contributed by atoms with Gasteiger partial charge in [-0.2, -0.15) is 0 Å². The van der Waals surface area contributed by atoms with E-state index in [9.17, 15) is 14.7 Å². The van der Waals surface area contributed by atoms with E-state index in [-0.39, 0.29) is 30.5 Å². The molecule has 1 aromatic carbocycles. The van der Waals surface area contributed by atoms with E-state index < -0.39 is 0 Å². The highest BCUT2D eigenvalue weighted by Crippen LogP contribution is 2.21. The first-order valence-corrected chi connectivity index (χ1v) is 6.94. The number of carbonyl (C=O) groups is 2. The van der Waals surface area contributed by atoms with Crippen LogP contribution in [-0.4, -0.2) is 23.5 Å². The summed E-state index contributed by atoms with van der Waals surface area (Å²) in [5.74, 6) is -0.434. The summed E-state index contributed by atoms with van der Waals surface area (Å²) in [6.07, 6.45) is 0.144. The third-order valence-corrected chi connectivity index (χ3v) is 3.43. The van der Waals surface area contributed by atoms with Crippen molar-refractivity contribution in [3.8, 4) is 5.75 Å². The van der Waals surface area contributed by atoms with Crippen molar-refractivity contribution in [2.24, 2.45) is 0 Å². The van der Waals surface area contributed by atoms with Gasteiger partial charge < -0.3 is 15.7 Å². The van der Waals surface area contributed by atoms with Gasteiger partial charge in [0.25, 0.3) is 5.91 Å². The number of phenolic OH excluding ortho intramolecular Hbond substituents is 1.